The maximum absolute atomic E-state index is 9.75. The van der Waals surface area contributed by atoms with Crippen LogP contribution in [0.1, 0.15) is 51.9 Å². The Balaban J connectivity index is 1.95. The average Bonchev–Trinajstić information content (AvgIpc) is 2.40. The van der Waals surface area contributed by atoms with Gasteiger partial charge in [-0.15, -0.1) is 0 Å². The summed E-state index contributed by atoms with van der Waals surface area (Å²) in [5.74, 6) is 0.931. The Morgan fingerprint density at radius 2 is 1.67 bits per heavy atom. The van der Waals surface area contributed by atoms with E-state index >= 15 is 0 Å². The third-order valence-electron chi connectivity index (χ3n) is 3.08. The molecule has 2 nitrogen and oxygen atoms in total. The van der Waals surface area contributed by atoms with E-state index < -0.39 is 0 Å². The van der Waals surface area contributed by atoms with Gasteiger partial charge in [-0.2, -0.15) is 0 Å². The van der Waals surface area contributed by atoms with Gasteiger partial charge in [-0.05, 0) is 37.8 Å². The van der Waals surface area contributed by atoms with Crippen molar-refractivity contribution in [2.45, 2.75) is 58.0 Å². The molecule has 0 bridgehead atoms. The van der Waals surface area contributed by atoms with E-state index in [0.29, 0.717) is 0 Å². The first-order valence-corrected chi connectivity index (χ1v) is 7.19. The van der Waals surface area contributed by atoms with Gasteiger partial charge >= 0.3 is 0 Å². The molecule has 102 valence electrons. The molecule has 1 aromatic carbocycles. The Bertz CT molecular complexity index is 284. The molecule has 0 amide bonds. The van der Waals surface area contributed by atoms with Crippen LogP contribution in [0.4, 0.5) is 0 Å². The third kappa shape index (κ3) is 7.33. The summed E-state index contributed by atoms with van der Waals surface area (Å²) in [5.41, 5.74) is 0. The number of aliphatic hydroxyl groups excluding tert-OH is 1. The maximum atomic E-state index is 9.75. The molecule has 0 aliphatic carbocycles. The molecule has 1 aromatic rings. The predicted molar refractivity (Wildman–Crippen MR) is 75.9 cm³/mol. The molecule has 2 heteroatoms. The van der Waals surface area contributed by atoms with Crippen LogP contribution in [0.25, 0.3) is 0 Å². The molecule has 0 aromatic heterocycles. The van der Waals surface area contributed by atoms with Crippen molar-refractivity contribution in [2.24, 2.45) is 0 Å². The number of aliphatic hydroxyl groups is 1. The zero-order chi connectivity index (χ0) is 13.1. The van der Waals surface area contributed by atoms with Crippen LogP contribution in [0.5, 0.6) is 5.75 Å². The lowest BCUT2D eigenvalue weighted by molar-refractivity contribution is 0.145. The van der Waals surface area contributed by atoms with Gasteiger partial charge in [0.05, 0.1) is 12.7 Å². The number of ether oxygens (including phenoxy) is 1. The first kappa shape index (κ1) is 15.0. The second-order valence-corrected chi connectivity index (χ2v) is 4.81. The highest BCUT2D eigenvalue weighted by Crippen LogP contribution is 2.11. The topological polar surface area (TPSA) is 29.5 Å². The summed E-state index contributed by atoms with van der Waals surface area (Å²) >= 11 is 0. The molecule has 1 N–H and O–H groups in total. The van der Waals surface area contributed by atoms with Gasteiger partial charge in [0.1, 0.15) is 5.75 Å². The summed E-state index contributed by atoms with van der Waals surface area (Å²) in [6.45, 7) is 2.93. The minimum atomic E-state index is -0.117. The van der Waals surface area contributed by atoms with Crippen molar-refractivity contribution in [3.8, 4) is 5.75 Å². The standard InChI is InChI=1S/C16H26O2/c1-2-3-5-10-15(17)11-8-9-14-18-16-12-6-4-7-13-16/h4,6-7,12-13,15,17H,2-3,5,8-11,14H2,1H3/t15-/m0/s1. The number of rotatable bonds is 10. The van der Waals surface area contributed by atoms with Crippen LogP contribution in [0.15, 0.2) is 30.3 Å². The van der Waals surface area contributed by atoms with Crippen LogP contribution >= 0.6 is 0 Å². The van der Waals surface area contributed by atoms with Gasteiger partial charge in [0.15, 0.2) is 0 Å². The first-order valence-electron chi connectivity index (χ1n) is 7.19. The van der Waals surface area contributed by atoms with Gasteiger partial charge in [0, 0.05) is 0 Å². The average molecular weight is 250 g/mol. The number of hydrogen-bond acceptors (Lipinski definition) is 2. The lowest BCUT2D eigenvalue weighted by Gasteiger charge is -2.10. The molecular formula is C16H26O2. The highest BCUT2D eigenvalue weighted by molar-refractivity contribution is 5.20. The van der Waals surface area contributed by atoms with Crippen LogP contribution in [0.2, 0.25) is 0 Å². The van der Waals surface area contributed by atoms with E-state index in [4.69, 9.17) is 4.74 Å². The Kier molecular flexibility index (Phi) is 8.32. The van der Waals surface area contributed by atoms with Gasteiger partial charge in [-0.25, -0.2) is 0 Å². The normalized spacial score (nSPS) is 12.3. The molecule has 0 radical (unpaired) electrons. The molecule has 0 spiro atoms. The number of para-hydroxylation sites is 1. The molecule has 1 rings (SSSR count). The number of benzene rings is 1. The van der Waals surface area contributed by atoms with E-state index in [1.54, 1.807) is 0 Å². The van der Waals surface area contributed by atoms with Crippen LogP contribution in [0.3, 0.4) is 0 Å². The van der Waals surface area contributed by atoms with Crippen LogP contribution < -0.4 is 4.74 Å². The second kappa shape index (κ2) is 9.95. The SMILES string of the molecule is CCCCC[C@H](O)CCCCOc1ccccc1. The van der Waals surface area contributed by atoms with Crippen LogP contribution in [0, 0.1) is 0 Å². The van der Waals surface area contributed by atoms with Crippen molar-refractivity contribution in [2.75, 3.05) is 6.61 Å². The van der Waals surface area contributed by atoms with E-state index in [1.165, 1.54) is 12.8 Å². The quantitative estimate of drug-likeness (QED) is 0.631. The van der Waals surface area contributed by atoms with E-state index in [2.05, 4.69) is 6.92 Å². The summed E-state index contributed by atoms with van der Waals surface area (Å²) in [6.07, 6.45) is 7.40. The van der Waals surface area contributed by atoms with E-state index in [1.807, 2.05) is 30.3 Å². The zero-order valence-corrected chi connectivity index (χ0v) is 11.5. The molecule has 18 heavy (non-hydrogen) atoms. The van der Waals surface area contributed by atoms with E-state index in [9.17, 15) is 5.11 Å². The first-order chi connectivity index (χ1) is 8.83. The summed E-state index contributed by atoms with van der Waals surface area (Å²) < 4.78 is 5.60. The van der Waals surface area contributed by atoms with Crippen LogP contribution in [-0.2, 0) is 0 Å². The fourth-order valence-corrected chi connectivity index (χ4v) is 1.96. The minimum Gasteiger partial charge on any atom is -0.494 e. The molecule has 1 atom stereocenters. The fourth-order valence-electron chi connectivity index (χ4n) is 1.96. The highest BCUT2D eigenvalue weighted by Gasteiger charge is 2.03. The summed E-state index contributed by atoms with van der Waals surface area (Å²) in [6, 6.07) is 9.89. The minimum absolute atomic E-state index is 0.117. The van der Waals surface area contributed by atoms with Crippen molar-refractivity contribution < 1.29 is 9.84 Å². The molecule has 0 unspecified atom stereocenters. The van der Waals surface area contributed by atoms with Gasteiger partial charge in [0.2, 0.25) is 0 Å². The van der Waals surface area contributed by atoms with Crippen molar-refractivity contribution in [1.82, 2.24) is 0 Å². The molecule has 0 saturated carbocycles. The Morgan fingerprint density at radius 3 is 2.33 bits per heavy atom. The molecule has 0 aliphatic heterocycles. The summed E-state index contributed by atoms with van der Waals surface area (Å²) in [4.78, 5) is 0. The second-order valence-electron chi connectivity index (χ2n) is 4.81. The van der Waals surface area contributed by atoms with Gasteiger partial charge in [-0.3, -0.25) is 0 Å². The van der Waals surface area contributed by atoms with Gasteiger partial charge in [0.25, 0.3) is 0 Å². The fraction of sp³-hybridized carbons (Fsp3) is 0.625. The highest BCUT2D eigenvalue weighted by atomic mass is 16.5. The molecule has 0 saturated heterocycles. The van der Waals surface area contributed by atoms with Crippen LogP contribution in [-0.4, -0.2) is 17.8 Å². The lowest BCUT2D eigenvalue weighted by Crippen LogP contribution is -2.07. The third-order valence-corrected chi connectivity index (χ3v) is 3.08. The maximum Gasteiger partial charge on any atom is 0.119 e. The lowest BCUT2D eigenvalue weighted by atomic mass is 10.1. The largest absolute Gasteiger partial charge is 0.494 e. The Morgan fingerprint density at radius 1 is 1.00 bits per heavy atom. The molecule has 0 heterocycles. The number of unbranched alkanes of at least 4 members (excludes halogenated alkanes) is 3. The molecular weight excluding hydrogens is 224 g/mol. The van der Waals surface area contributed by atoms with Crippen molar-refractivity contribution >= 4 is 0 Å². The van der Waals surface area contributed by atoms with E-state index in [0.717, 1.165) is 44.5 Å². The smallest absolute Gasteiger partial charge is 0.119 e. The van der Waals surface area contributed by atoms with Crippen molar-refractivity contribution in [1.29, 1.82) is 0 Å². The Hall–Kier alpha value is -1.02. The summed E-state index contributed by atoms with van der Waals surface area (Å²) in [5, 5.41) is 9.75. The predicted octanol–water partition coefficient (Wildman–Crippen LogP) is 4.18. The van der Waals surface area contributed by atoms with E-state index in [-0.39, 0.29) is 6.10 Å². The molecule has 0 aliphatic rings. The van der Waals surface area contributed by atoms with Crippen molar-refractivity contribution in [3.05, 3.63) is 30.3 Å². The van der Waals surface area contributed by atoms with Gasteiger partial charge in [-0.1, -0.05) is 44.4 Å². The summed E-state index contributed by atoms with van der Waals surface area (Å²) in [7, 11) is 0. The van der Waals surface area contributed by atoms with Crippen molar-refractivity contribution in [3.63, 3.8) is 0 Å². The van der Waals surface area contributed by atoms with Gasteiger partial charge < -0.3 is 9.84 Å². The Labute approximate surface area is 111 Å². The monoisotopic (exact) mass is 250 g/mol. The zero-order valence-electron chi connectivity index (χ0n) is 11.5. The number of hydrogen-bond donors (Lipinski definition) is 1. The molecule has 0 fully saturated rings.